The maximum absolute atomic E-state index is 10.7. The Morgan fingerprint density at radius 1 is 1.30 bits per heavy atom. The van der Waals surface area contributed by atoms with Gasteiger partial charge in [-0.15, -0.1) is 5.10 Å². The second-order valence-corrected chi connectivity index (χ2v) is 6.67. The van der Waals surface area contributed by atoms with Gasteiger partial charge in [-0.25, -0.2) is 0 Å². The molecule has 5 heteroatoms. The van der Waals surface area contributed by atoms with Crippen LogP contribution in [0.3, 0.4) is 0 Å². The van der Waals surface area contributed by atoms with Crippen molar-refractivity contribution < 1.29 is 9.84 Å². The number of hydrogen-bond donors (Lipinski definition) is 1. The van der Waals surface area contributed by atoms with Gasteiger partial charge in [0.2, 0.25) is 0 Å². The minimum Gasteiger partial charge on any atom is -0.496 e. The summed E-state index contributed by atoms with van der Waals surface area (Å²) in [6, 6.07) is 5.78. The standard InChI is InChI=1S/C15H20N2O2S/c1-9-6-7-11(19-5)10(8-9)12(18)13-14(15(2,3)4)16-17-20-13/h6-8,12,18H,1-5H3. The molecule has 1 N–H and O–H groups in total. The van der Waals surface area contributed by atoms with Gasteiger partial charge in [-0.05, 0) is 30.6 Å². The van der Waals surface area contributed by atoms with E-state index in [2.05, 4.69) is 30.4 Å². The fraction of sp³-hybridized carbons (Fsp3) is 0.467. The average molecular weight is 292 g/mol. The van der Waals surface area contributed by atoms with Crippen molar-refractivity contribution in [2.45, 2.75) is 39.2 Å². The van der Waals surface area contributed by atoms with E-state index < -0.39 is 6.10 Å². The predicted molar refractivity (Wildman–Crippen MR) is 80.4 cm³/mol. The van der Waals surface area contributed by atoms with Gasteiger partial charge in [0.15, 0.2) is 0 Å². The summed E-state index contributed by atoms with van der Waals surface area (Å²) in [5.41, 5.74) is 2.51. The van der Waals surface area contributed by atoms with E-state index in [1.54, 1.807) is 7.11 Å². The van der Waals surface area contributed by atoms with Crippen molar-refractivity contribution in [3.8, 4) is 5.75 Å². The molecule has 0 amide bonds. The molecule has 20 heavy (non-hydrogen) atoms. The van der Waals surface area contributed by atoms with Crippen molar-refractivity contribution in [3.63, 3.8) is 0 Å². The summed E-state index contributed by atoms with van der Waals surface area (Å²) in [6.07, 6.45) is -0.765. The lowest BCUT2D eigenvalue weighted by molar-refractivity contribution is 0.215. The Morgan fingerprint density at radius 3 is 2.60 bits per heavy atom. The van der Waals surface area contributed by atoms with E-state index in [4.69, 9.17) is 4.74 Å². The summed E-state index contributed by atoms with van der Waals surface area (Å²) in [5.74, 6) is 0.677. The number of hydrogen-bond acceptors (Lipinski definition) is 5. The summed E-state index contributed by atoms with van der Waals surface area (Å²) >= 11 is 1.24. The average Bonchev–Trinajstić information content (AvgIpc) is 2.87. The van der Waals surface area contributed by atoms with E-state index in [0.29, 0.717) is 5.75 Å². The maximum Gasteiger partial charge on any atom is 0.125 e. The van der Waals surface area contributed by atoms with Crippen LogP contribution in [0.2, 0.25) is 0 Å². The molecular weight excluding hydrogens is 272 g/mol. The topological polar surface area (TPSA) is 55.2 Å². The zero-order chi connectivity index (χ0) is 14.9. The maximum atomic E-state index is 10.7. The first kappa shape index (κ1) is 14.9. The smallest absolute Gasteiger partial charge is 0.125 e. The van der Waals surface area contributed by atoms with Crippen LogP contribution in [0.1, 0.15) is 48.6 Å². The van der Waals surface area contributed by atoms with Crippen molar-refractivity contribution >= 4 is 11.5 Å². The molecule has 2 aromatic rings. The van der Waals surface area contributed by atoms with Crippen LogP contribution in [0.25, 0.3) is 0 Å². The molecule has 1 aromatic carbocycles. The summed E-state index contributed by atoms with van der Waals surface area (Å²) in [6.45, 7) is 8.18. The molecule has 2 rings (SSSR count). The monoisotopic (exact) mass is 292 g/mol. The van der Waals surface area contributed by atoms with Crippen molar-refractivity contribution in [1.29, 1.82) is 0 Å². The normalized spacial score (nSPS) is 13.3. The highest BCUT2D eigenvalue weighted by molar-refractivity contribution is 7.05. The molecule has 1 unspecified atom stereocenters. The molecule has 1 aromatic heterocycles. The van der Waals surface area contributed by atoms with Gasteiger partial charge >= 0.3 is 0 Å². The van der Waals surface area contributed by atoms with Gasteiger partial charge in [-0.2, -0.15) is 0 Å². The second-order valence-electron chi connectivity index (χ2n) is 5.88. The number of aryl methyl sites for hydroxylation is 1. The van der Waals surface area contributed by atoms with Crippen LogP contribution < -0.4 is 4.74 Å². The Bertz CT molecular complexity index is 602. The molecule has 108 valence electrons. The number of aliphatic hydroxyl groups is 1. The van der Waals surface area contributed by atoms with Gasteiger partial charge in [0, 0.05) is 11.0 Å². The highest BCUT2D eigenvalue weighted by atomic mass is 32.1. The minimum atomic E-state index is -0.765. The molecule has 0 aliphatic heterocycles. The van der Waals surface area contributed by atoms with Crippen LogP contribution in [0.4, 0.5) is 0 Å². The SMILES string of the molecule is COc1ccc(C)cc1C(O)c1snnc1C(C)(C)C. The zero-order valence-electron chi connectivity index (χ0n) is 12.5. The fourth-order valence-corrected chi connectivity index (χ4v) is 2.98. The van der Waals surface area contributed by atoms with Gasteiger partial charge in [-0.3, -0.25) is 0 Å². The first-order valence-electron chi connectivity index (χ1n) is 6.50. The molecule has 0 fully saturated rings. The number of methoxy groups -OCH3 is 1. The summed E-state index contributed by atoms with van der Waals surface area (Å²) in [5, 5.41) is 14.9. The summed E-state index contributed by atoms with van der Waals surface area (Å²) in [7, 11) is 1.61. The van der Waals surface area contributed by atoms with Gasteiger partial charge in [-0.1, -0.05) is 36.9 Å². The second kappa shape index (κ2) is 5.50. The number of rotatable bonds is 3. The third-order valence-corrected chi connectivity index (χ3v) is 3.93. The van der Waals surface area contributed by atoms with Crippen LogP contribution in [0, 0.1) is 6.92 Å². The Balaban J connectivity index is 2.49. The van der Waals surface area contributed by atoms with Gasteiger partial charge in [0.25, 0.3) is 0 Å². The first-order chi connectivity index (χ1) is 9.34. The largest absolute Gasteiger partial charge is 0.496 e. The van der Waals surface area contributed by atoms with Crippen LogP contribution >= 0.6 is 11.5 Å². The third-order valence-electron chi connectivity index (χ3n) is 3.15. The molecule has 0 saturated carbocycles. The third kappa shape index (κ3) is 2.83. The molecule has 0 bridgehead atoms. The molecule has 0 spiro atoms. The summed E-state index contributed by atoms with van der Waals surface area (Å²) < 4.78 is 9.35. The lowest BCUT2D eigenvalue weighted by Gasteiger charge is -2.20. The van der Waals surface area contributed by atoms with E-state index in [9.17, 15) is 5.11 Å². The van der Waals surface area contributed by atoms with Gasteiger partial charge in [0.05, 0.1) is 17.7 Å². The number of aromatic nitrogens is 2. The Kier molecular flexibility index (Phi) is 4.11. The first-order valence-corrected chi connectivity index (χ1v) is 7.27. The Labute approximate surface area is 123 Å². The van der Waals surface area contributed by atoms with Crippen LogP contribution in [-0.2, 0) is 5.41 Å². The van der Waals surface area contributed by atoms with Crippen molar-refractivity contribution in [1.82, 2.24) is 9.59 Å². The zero-order valence-corrected chi connectivity index (χ0v) is 13.3. The molecule has 0 aliphatic rings. The van der Waals surface area contributed by atoms with Crippen molar-refractivity contribution in [2.75, 3.05) is 7.11 Å². The molecule has 0 radical (unpaired) electrons. The fourth-order valence-electron chi connectivity index (χ4n) is 2.11. The molecule has 4 nitrogen and oxygen atoms in total. The van der Waals surface area contributed by atoms with Crippen LogP contribution in [0.5, 0.6) is 5.75 Å². The molecule has 0 aliphatic carbocycles. The minimum absolute atomic E-state index is 0.152. The Hall–Kier alpha value is -1.46. The molecular formula is C15H20N2O2S. The summed E-state index contributed by atoms with van der Waals surface area (Å²) in [4.78, 5) is 0.779. The lowest BCUT2D eigenvalue weighted by Crippen LogP contribution is -2.16. The highest BCUT2D eigenvalue weighted by Crippen LogP contribution is 2.37. The highest BCUT2D eigenvalue weighted by Gasteiger charge is 2.28. The van der Waals surface area contributed by atoms with E-state index in [0.717, 1.165) is 21.7 Å². The van der Waals surface area contributed by atoms with Crippen LogP contribution in [-0.4, -0.2) is 21.8 Å². The number of benzene rings is 1. The number of aliphatic hydroxyl groups excluding tert-OH is 1. The Morgan fingerprint density at radius 2 is 2.00 bits per heavy atom. The predicted octanol–water partition coefficient (Wildman–Crippen LogP) is 3.23. The van der Waals surface area contributed by atoms with Gasteiger partial charge in [0.1, 0.15) is 11.9 Å². The van der Waals surface area contributed by atoms with E-state index >= 15 is 0 Å². The number of nitrogens with zero attached hydrogens (tertiary/aromatic N) is 2. The number of ether oxygens (including phenoxy) is 1. The van der Waals surface area contributed by atoms with Crippen LogP contribution in [0.15, 0.2) is 18.2 Å². The molecule has 1 atom stereocenters. The van der Waals surface area contributed by atoms with Gasteiger partial charge < -0.3 is 9.84 Å². The van der Waals surface area contributed by atoms with Crippen molar-refractivity contribution in [3.05, 3.63) is 39.9 Å². The van der Waals surface area contributed by atoms with E-state index in [-0.39, 0.29) is 5.41 Å². The van der Waals surface area contributed by atoms with E-state index in [1.807, 2.05) is 25.1 Å². The molecule has 1 heterocycles. The lowest BCUT2D eigenvalue weighted by atomic mass is 9.89. The quantitative estimate of drug-likeness (QED) is 0.943. The molecule has 0 saturated heterocycles. The van der Waals surface area contributed by atoms with Crippen molar-refractivity contribution in [2.24, 2.45) is 0 Å². The van der Waals surface area contributed by atoms with E-state index in [1.165, 1.54) is 11.5 Å².